The Morgan fingerprint density at radius 3 is 2.24 bits per heavy atom. The van der Waals surface area contributed by atoms with Crippen LogP contribution in [-0.4, -0.2) is 43.8 Å². The highest BCUT2D eigenvalue weighted by Gasteiger charge is 2.21. The number of nitrogens with one attached hydrogen (secondary N) is 2. The van der Waals surface area contributed by atoms with Crippen LogP contribution in [0.3, 0.4) is 0 Å². The van der Waals surface area contributed by atoms with Gasteiger partial charge in [0.2, 0.25) is 0 Å². The van der Waals surface area contributed by atoms with Gasteiger partial charge in [-0.15, -0.1) is 0 Å². The molecule has 1 fully saturated rings. The van der Waals surface area contributed by atoms with Crippen LogP contribution in [0.4, 0.5) is 0 Å². The minimum Gasteiger partial charge on any atom is -0.461 e. The van der Waals surface area contributed by atoms with Crippen molar-refractivity contribution in [2.45, 2.75) is 56.4 Å². The first kappa shape index (κ1) is 24.4. The van der Waals surface area contributed by atoms with Crippen molar-refractivity contribution in [2.75, 3.05) is 6.61 Å². The van der Waals surface area contributed by atoms with E-state index in [0.29, 0.717) is 12.0 Å². The summed E-state index contributed by atoms with van der Waals surface area (Å²) < 4.78 is 32.1. The molecule has 0 bridgehead atoms. The van der Waals surface area contributed by atoms with Gasteiger partial charge in [-0.2, -0.15) is 0 Å². The van der Waals surface area contributed by atoms with E-state index in [1.165, 1.54) is 42.8 Å². The van der Waals surface area contributed by atoms with Crippen molar-refractivity contribution < 1.29 is 27.5 Å². The molecule has 2 N–H and O–H groups in total. The molecule has 176 valence electrons. The average molecular weight is 474 g/mol. The summed E-state index contributed by atoms with van der Waals surface area (Å²) in [5.41, 5.74) is 0.333. The molecule has 0 radical (unpaired) electrons. The zero-order chi connectivity index (χ0) is 23.8. The maximum Gasteiger partial charge on any atom is 0.356 e. The molecule has 0 aliphatic heterocycles. The summed E-state index contributed by atoms with van der Waals surface area (Å²) in [6, 6.07) is 8.10. The van der Waals surface area contributed by atoms with E-state index in [2.05, 4.69) is 10.3 Å². The highest BCUT2D eigenvalue weighted by atomic mass is 32.2. The van der Waals surface area contributed by atoms with Crippen molar-refractivity contribution in [3.63, 3.8) is 0 Å². The van der Waals surface area contributed by atoms with Crippen LogP contribution in [0.1, 0.15) is 76.7 Å². The normalized spacial score (nSPS) is 14.3. The number of sulfonamides is 1. The molecule has 3 rings (SSSR count). The van der Waals surface area contributed by atoms with Crippen LogP contribution in [-0.2, 0) is 14.8 Å². The molecule has 33 heavy (non-hydrogen) atoms. The molecule has 1 aromatic carbocycles. The lowest BCUT2D eigenvalue weighted by molar-refractivity contribution is 0.0497. The molecule has 1 aliphatic carbocycles. The summed E-state index contributed by atoms with van der Waals surface area (Å²) in [5, 5.41) is 2.97. The van der Waals surface area contributed by atoms with Gasteiger partial charge in [0.1, 0.15) is 5.69 Å². The molecule has 2 aromatic rings. The molecule has 1 saturated carbocycles. The number of aromatic nitrogens is 1. The fourth-order valence-electron chi connectivity index (χ4n) is 3.46. The van der Waals surface area contributed by atoms with Crippen molar-refractivity contribution in [3.8, 4) is 0 Å². The molecule has 0 atom stereocenters. The second kappa shape index (κ2) is 11.0. The number of esters is 1. The Morgan fingerprint density at radius 2 is 1.64 bits per heavy atom. The number of benzene rings is 1. The molecular formula is C23H27N3O6S. The molecule has 9 nitrogen and oxygen atoms in total. The third kappa shape index (κ3) is 6.61. The molecule has 10 heteroatoms. The largest absolute Gasteiger partial charge is 0.461 e. The summed E-state index contributed by atoms with van der Waals surface area (Å²) in [5.74, 6) is -1.77. The van der Waals surface area contributed by atoms with Crippen molar-refractivity contribution in [1.29, 1.82) is 0 Å². The van der Waals surface area contributed by atoms with Crippen LogP contribution in [0.5, 0.6) is 0 Å². The van der Waals surface area contributed by atoms with Crippen molar-refractivity contribution >= 4 is 27.8 Å². The summed E-state index contributed by atoms with van der Waals surface area (Å²) in [4.78, 5) is 40.3. The van der Waals surface area contributed by atoms with Gasteiger partial charge in [0.05, 0.1) is 17.1 Å². The lowest BCUT2D eigenvalue weighted by Crippen LogP contribution is -2.36. The smallest absolute Gasteiger partial charge is 0.356 e. The predicted octanol–water partition coefficient (Wildman–Crippen LogP) is 2.83. The Labute approximate surface area is 193 Å². The minimum absolute atomic E-state index is 0.0185. The van der Waals surface area contributed by atoms with E-state index in [9.17, 15) is 22.8 Å². The monoisotopic (exact) mass is 473 g/mol. The lowest BCUT2D eigenvalue weighted by Gasteiger charge is -2.22. The first-order valence-corrected chi connectivity index (χ1v) is 12.4. The van der Waals surface area contributed by atoms with Crippen LogP contribution < -0.4 is 10.0 Å². The van der Waals surface area contributed by atoms with E-state index in [1.807, 2.05) is 11.6 Å². The molecule has 0 saturated heterocycles. The van der Waals surface area contributed by atoms with Crippen molar-refractivity contribution in [1.82, 2.24) is 15.0 Å². The standard InChI is InChI=1S/C23H27N3O6S/c1-2-14-32-23(29)20-13-10-17(15-24-20)22(28)26-33(30,31)19-11-8-16(9-12-19)21(27)25-18-6-4-3-5-7-18/h8-13,15,18H,2-7,14H2,1H3,(H,25,27)(H,26,28). The van der Waals surface area contributed by atoms with Gasteiger partial charge < -0.3 is 10.1 Å². The molecule has 2 amide bonds. The van der Waals surface area contributed by atoms with E-state index >= 15 is 0 Å². The van der Waals surface area contributed by atoms with E-state index in [4.69, 9.17) is 4.74 Å². The summed E-state index contributed by atoms with van der Waals surface area (Å²) in [6.45, 7) is 2.11. The van der Waals surface area contributed by atoms with Crippen LogP contribution in [0.25, 0.3) is 0 Å². The number of pyridine rings is 1. The maximum absolute atomic E-state index is 12.6. The number of nitrogens with zero attached hydrogens (tertiary/aromatic N) is 1. The fourth-order valence-corrected chi connectivity index (χ4v) is 4.43. The third-order valence-corrected chi connectivity index (χ3v) is 6.61. The number of amides is 2. The van der Waals surface area contributed by atoms with Gasteiger partial charge in [-0.05, 0) is 55.7 Å². The van der Waals surface area contributed by atoms with Gasteiger partial charge in [-0.25, -0.2) is 22.9 Å². The van der Waals surface area contributed by atoms with E-state index in [1.54, 1.807) is 0 Å². The van der Waals surface area contributed by atoms with Crippen molar-refractivity contribution in [2.24, 2.45) is 0 Å². The predicted molar refractivity (Wildman–Crippen MR) is 120 cm³/mol. The highest BCUT2D eigenvalue weighted by Crippen LogP contribution is 2.18. The van der Waals surface area contributed by atoms with Gasteiger partial charge in [0, 0.05) is 17.8 Å². The van der Waals surface area contributed by atoms with Gasteiger partial charge in [0.15, 0.2) is 0 Å². The molecule has 0 unspecified atom stereocenters. The van der Waals surface area contributed by atoms with Gasteiger partial charge in [0.25, 0.3) is 21.8 Å². The van der Waals surface area contributed by atoms with E-state index in [-0.39, 0.29) is 34.7 Å². The quantitative estimate of drug-likeness (QED) is 0.564. The number of carbonyl (C=O) groups is 3. The zero-order valence-corrected chi connectivity index (χ0v) is 19.2. The summed E-state index contributed by atoms with van der Waals surface area (Å²) >= 11 is 0. The number of rotatable bonds is 8. The molecule has 1 heterocycles. The molecular weight excluding hydrogens is 446 g/mol. The van der Waals surface area contributed by atoms with Crippen LogP contribution >= 0.6 is 0 Å². The fraction of sp³-hybridized carbons (Fsp3) is 0.391. The highest BCUT2D eigenvalue weighted by molar-refractivity contribution is 7.90. The Kier molecular flexibility index (Phi) is 8.16. The number of carbonyl (C=O) groups excluding carboxylic acids is 3. The topological polar surface area (TPSA) is 132 Å². The van der Waals surface area contributed by atoms with E-state index in [0.717, 1.165) is 31.9 Å². The third-order valence-electron chi connectivity index (χ3n) is 5.27. The second-order valence-electron chi connectivity index (χ2n) is 7.84. The molecule has 0 spiro atoms. The maximum atomic E-state index is 12.6. The minimum atomic E-state index is -4.17. The number of ether oxygens (including phenoxy) is 1. The second-order valence-corrected chi connectivity index (χ2v) is 9.52. The number of hydrogen-bond donors (Lipinski definition) is 2. The Balaban J connectivity index is 1.62. The Bertz CT molecular complexity index is 1090. The SMILES string of the molecule is CCCOC(=O)c1ccc(C(=O)NS(=O)(=O)c2ccc(C(=O)NC3CCCCC3)cc2)cn1. The zero-order valence-electron chi connectivity index (χ0n) is 18.4. The summed E-state index contributed by atoms with van der Waals surface area (Å²) in [6.07, 6.45) is 7.00. The van der Waals surface area contributed by atoms with Crippen LogP contribution in [0, 0.1) is 0 Å². The van der Waals surface area contributed by atoms with Gasteiger partial charge in [-0.3, -0.25) is 9.59 Å². The summed E-state index contributed by atoms with van der Waals surface area (Å²) in [7, 11) is -4.17. The lowest BCUT2D eigenvalue weighted by atomic mass is 9.95. The average Bonchev–Trinajstić information content (AvgIpc) is 2.83. The first-order valence-electron chi connectivity index (χ1n) is 10.9. The van der Waals surface area contributed by atoms with Crippen LogP contribution in [0.2, 0.25) is 0 Å². The van der Waals surface area contributed by atoms with Crippen LogP contribution in [0.15, 0.2) is 47.5 Å². The Morgan fingerprint density at radius 1 is 0.970 bits per heavy atom. The van der Waals surface area contributed by atoms with Crippen molar-refractivity contribution in [3.05, 3.63) is 59.4 Å². The number of hydrogen-bond acceptors (Lipinski definition) is 7. The molecule has 1 aliphatic rings. The van der Waals surface area contributed by atoms with E-state index < -0.39 is 21.9 Å². The van der Waals surface area contributed by atoms with Gasteiger partial charge in [-0.1, -0.05) is 26.2 Å². The molecule has 1 aromatic heterocycles. The first-order chi connectivity index (χ1) is 15.8. The van der Waals surface area contributed by atoms with Gasteiger partial charge >= 0.3 is 5.97 Å². The Hall–Kier alpha value is -3.27.